The second kappa shape index (κ2) is 8.64. The topological polar surface area (TPSA) is 85.8 Å². The minimum atomic E-state index is -0.864. The van der Waals surface area contributed by atoms with E-state index in [9.17, 15) is 4.79 Å². The molecule has 1 aliphatic rings. The molecule has 0 spiro atoms. The number of hydrogen-bond acceptors (Lipinski definition) is 4. The number of amides is 1. The van der Waals surface area contributed by atoms with Crippen molar-refractivity contribution in [2.75, 3.05) is 5.32 Å². The fourth-order valence-corrected chi connectivity index (χ4v) is 3.34. The average Bonchev–Trinajstić information content (AvgIpc) is 2.84. The number of fused-ring (bicyclic) bond motifs is 1. The predicted octanol–water partition coefficient (Wildman–Crippen LogP) is 3.55. The summed E-state index contributed by atoms with van der Waals surface area (Å²) in [5.41, 5.74) is 6.96. The van der Waals surface area contributed by atoms with Crippen molar-refractivity contribution in [1.82, 2.24) is 14.8 Å². The third-order valence-corrected chi connectivity index (χ3v) is 4.78. The molecule has 3 N–H and O–H groups in total. The number of rotatable bonds is 5. The van der Waals surface area contributed by atoms with E-state index >= 15 is 0 Å². The highest BCUT2D eigenvalue weighted by Crippen LogP contribution is 2.25. The van der Waals surface area contributed by atoms with Crippen LogP contribution in [0.5, 0.6) is 0 Å². The van der Waals surface area contributed by atoms with Crippen LogP contribution < -0.4 is 11.1 Å². The molecule has 1 atom stereocenters. The smallest absolute Gasteiger partial charge is 0.244 e. The van der Waals surface area contributed by atoms with Crippen molar-refractivity contribution in [1.29, 1.82) is 0 Å². The average molecular weight is 378 g/mol. The summed E-state index contributed by atoms with van der Waals surface area (Å²) in [5.74, 6) is 1.77. The SMILES string of the molecule is CCCC(C)(N)C(=O)Nc1cccc(-c2nnc3n2CCCCC3)c1.Cl. The van der Waals surface area contributed by atoms with E-state index in [-0.39, 0.29) is 18.3 Å². The number of carbonyl (C=O) groups is 1. The number of hydrogen-bond donors (Lipinski definition) is 2. The number of carbonyl (C=O) groups excluding carboxylic acids is 1. The molecule has 26 heavy (non-hydrogen) atoms. The van der Waals surface area contributed by atoms with Gasteiger partial charge in [0, 0.05) is 24.2 Å². The standard InChI is InChI=1S/C19H27N5O.ClH/c1-3-11-19(2,20)18(25)21-15-9-7-8-14(13-15)17-23-22-16-10-5-4-6-12-24(16)17;/h7-9,13H,3-6,10-12,20H2,1-2H3,(H,21,25);1H. The summed E-state index contributed by atoms with van der Waals surface area (Å²) in [6, 6.07) is 7.76. The maximum atomic E-state index is 12.4. The van der Waals surface area contributed by atoms with Crippen molar-refractivity contribution in [3.8, 4) is 11.4 Å². The zero-order valence-corrected chi connectivity index (χ0v) is 16.3. The Hall–Kier alpha value is -1.92. The van der Waals surface area contributed by atoms with Gasteiger partial charge in [0.05, 0.1) is 5.54 Å². The molecule has 2 heterocycles. The summed E-state index contributed by atoms with van der Waals surface area (Å²) in [7, 11) is 0. The lowest BCUT2D eigenvalue weighted by Crippen LogP contribution is -2.48. The van der Waals surface area contributed by atoms with Gasteiger partial charge in [0.25, 0.3) is 0 Å². The number of aryl methyl sites for hydroxylation is 1. The molecule has 1 unspecified atom stereocenters. The van der Waals surface area contributed by atoms with Crippen molar-refractivity contribution >= 4 is 24.0 Å². The Morgan fingerprint density at radius 1 is 1.31 bits per heavy atom. The number of anilines is 1. The Balaban J connectivity index is 0.00000243. The summed E-state index contributed by atoms with van der Waals surface area (Å²) in [6.07, 6.45) is 6.04. The normalized spacial score (nSPS) is 16.0. The van der Waals surface area contributed by atoms with Gasteiger partial charge < -0.3 is 15.6 Å². The van der Waals surface area contributed by atoms with Gasteiger partial charge in [-0.25, -0.2) is 0 Å². The lowest BCUT2D eigenvalue weighted by molar-refractivity contribution is -0.120. The van der Waals surface area contributed by atoms with E-state index in [1.807, 2.05) is 31.2 Å². The molecular weight excluding hydrogens is 350 g/mol. The van der Waals surface area contributed by atoms with Crippen molar-refractivity contribution in [2.24, 2.45) is 5.73 Å². The molecule has 7 heteroatoms. The van der Waals surface area contributed by atoms with Gasteiger partial charge in [0.15, 0.2) is 5.82 Å². The molecule has 0 radical (unpaired) electrons. The zero-order chi connectivity index (χ0) is 17.9. The minimum absolute atomic E-state index is 0. The Kier molecular flexibility index (Phi) is 6.78. The summed E-state index contributed by atoms with van der Waals surface area (Å²) in [5, 5.41) is 11.7. The van der Waals surface area contributed by atoms with Crippen LogP contribution in [0.2, 0.25) is 0 Å². The second-order valence-corrected chi connectivity index (χ2v) is 7.10. The predicted molar refractivity (Wildman–Crippen MR) is 106 cm³/mol. The molecule has 2 aromatic rings. The van der Waals surface area contributed by atoms with Gasteiger partial charge in [-0.15, -0.1) is 22.6 Å². The molecule has 1 aliphatic heterocycles. The lowest BCUT2D eigenvalue weighted by Gasteiger charge is -2.23. The van der Waals surface area contributed by atoms with Crippen LogP contribution in [-0.2, 0) is 17.8 Å². The summed E-state index contributed by atoms with van der Waals surface area (Å²) >= 11 is 0. The highest BCUT2D eigenvalue weighted by atomic mass is 35.5. The summed E-state index contributed by atoms with van der Waals surface area (Å²) in [4.78, 5) is 12.4. The molecule has 0 saturated heterocycles. The Bertz CT molecular complexity index is 756. The maximum absolute atomic E-state index is 12.4. The van der Waals surface area contributed by atoms with Gasteiger partial charge in [-0.1, -0.05) is 31.9 Å². The summed E-state index contributed by atoms with van der Waals surface area (Å²) in [6.45, 7) is 4.75. The van der Waals surface area contributed by atoms with Crippen LogP contribution in [0.25, 0.3) is 11.4 Å². The molecule has 1 aromatic carbocycles. The van der Waals surface area contributed by atoms with E-state index < -0.39 is 5.54 Å². The second-order valence-electron chi connectivity index (χ2n) is 7.10. The van der Waals surface area contributed by atoms with E-state index in [0.717, 1.165) is 48.7 Å². The lowest BCUT2D eigenvalue weighted by atomic mass is 9.96. The van der Waals surface area contributed by atoms with Gasteiger partial charge >= 0.3 is 0 Å². The third kappa shape index (κ3) is 4.43. The number of benzene rings is 1. The van der Waals surface area contributed by atoms with Crippen LogP contribution in [0.4, 0.5) is 5.69 Å². The first-order valence-corrected chi connectivity index (χ1v) is 9.14. The quantitative estimate of drug-likeness (QED) is 0.834. The number of nitrogens with two attached hydrogens (primary N) is 1. The first-order valence-electron chi connectivity index (χ1n) is 9.14. The van der Waals surface area contributed by atoms with E-state index in [2.05, 4.69) is 20.1 Å². The van der Waals surface area contributed by atoms with Crippen LogP contribution in [0.15, 0.2) is 24.3 Å². The van der Waals surface area contributed by atoms with E-state index in [1.54, 1.807) is 6.92 Å². The number of nitrogens with zero attached hydrogens (tertiary/aromatic N) is 3. The highest BCUT2D eigenvalue weighted by Gasteiger charge is 2.27. The van der Waals surface area contributed by atoms with E-state index in [4.69, 9.17) is 5.73 Å². The zero-order valence-electron chi connectivity index (χ0n) is 15.5. The Morgan fingerprint density at radius 3 is 2.88 bits per heavy atom. The fraction of sp³-hybridized carbons (Fsp3) is 0.526. The van der Waals surface area contributed by atoms with Gasteiger partial charge in [-0.2, -0.15) is 0 Å². The van der Waals surface area contributed by atoms with Crippen molar-refractivity contribution < 1.29 is 4.79 Å². The number of nitrogens with one attached hydrogen (secondary N) is 1. The first-order chi connectivity index (χ1) is 12.0. The Labute approximate surface area is 161 Å². The number of halogens is 1. The molecule has 0 fully saturated rings. The molecule has 0 saturated carbocycles. The maximum Gasteiger partial charge on any atom is 0.244 e. The van der Waals surface area contributed by atoms with Crippen LogP contribution in [-0.4, -0.2) is 26.2 Å². The third-order valence-electron chi connectivity index (χ3n) is 4.78. The van der Waals surface area contributed by atoms with E-state index in [1.165, 1.54) is 12.8 Å². The molecule has 6 nitrogen and oxygen atoms in total. The summed E-state index contributed by atoms with van der Waals surface area (Å²) < 4.78 is 2.21. The van der Waals surface area contributed by atoms with Crippen LogP contribution >= 0.6 is 12.4 Å². The van der Waals surface area contributed by atoms with Gasteiger partial charge in [0.2, 0.25) is 5.91 Å². The highest BCUT2D eigenvalue weighted by molar-refractivity contribution is 5.98. The van der Waals surface area contributed by atoms with Gasteiger partial charge in [-0.05, 0) is 38.3 Å². The minimum Gasteiger partial charge on any atom is -0.324 e. The van der Waals surface area contributed by atoms with Crippen LogP contribution in [0.3, 0.4) is 0 Å². The van der Waals surface area contributed by atoms with Crippen molar-refractivity contribution in [3.63, 3.8) is 0 Å². The largest absolute Gasteiger partial charge is 0.324 e. The monoisotopic (exact) mass is 377 g/mol. The molecule has 3 rings (SSSR count). The molecule has 142 valence electrons. The molecule has 0 bridgehead atoms. The van der Waals surface area contributed by atoms with Crippen LogP contribution in [0.1, 0.15) is 51.8 Å². The number of aromatic nitrogens is 3. The Morgan fingerprint density at radius 2 is 2.12 bits per heavy atom. The molecule has 1 amide bonds. The van der Waals surface area contributed by atoms with Crippen molar-refractivity contribution in [2.45, 2.75) is 64.5 Å². The van der Waals surface area contributed by atoms with Gasteiger partial charge in [-0.3, -0.25) is 4.79 Å². The molecule has 1 aromatic heterocycles. The van der Waals surface area contributed by atoms with Crippen molar-refractivity contribution in [3.05, 3.63) is 30.1 Å². The van der Waals surface area contributed by atoms with Gasteiger partial charge in [0.1, 0.15) is 5.82 Å². The molecular formula is C19H28ClN5O. The van der Waals surface area contributed by atoms with Crippen LogP contribution in [0, 0.1) is 0 Å². The van der Waals surface area contributed by atoms with E-state index in [0.29, 0.717) is 6.42 Å². The fourth-order valence-electron chi connectivity index (χ4n) is 3.34. The first kappa shape index (κ1) is 20.4. The molecule has 0 aliphatic carbocycles.